The first-order chi connectivity index (χ1) is 14.1. The molecule has 2 unspecified atom stereocenters. The molecule has 1 saturated heterocycles. The second kappa shape index (κ2) is 13.9. The van der Waals surface area contributed by atoms with E-state index in [1.165, 1.54) is 4.90 Å². The van der Waals surface area contributed by atoms with Gasteiger partial charge in [-0.1, -0.05) is 34.6 Å². The molecule has 2 atom stereocenters. The molecular formula is C21H41N3O6. The Hall–Kier alpha value is -1.26. The van der Waals surface area contributed by atoms with Crippen molar-refractivity contribution in [2.75, 3.05) is 59.3 Å². The maximum absolute atomic E-state index is 12.4. The Morgan fingerprint density at radius 3 is 2.27 bits per heavy atom. The van der Waals surface area contributed by atoms with Crippen molar-refractivity contribution in [3.8, 4) is 0 Å². The normalized spacial score (nSPS) is 19.5. The minimum atomic E-state index is -0.696. The molecular weight excluding hydrogens is 390 g/mol. The van der Waals surface area contributed by atoms with Crippen molar-refractivity contribution in [3.63, 3.8) is 0 Å². The van der Waals surface area contributed by atoms with Gasteiger partial charge in [0.05, 0.1) is 39.1 Å². The van der Waals surface area contributed by atoms with Crippen LogP contribution in [0.15, 0.2) is 0 Å². The van der Waals surface area contributed by atoms with Gasteiger partial charge in [-0.2, -0.15) is 0 Å². The predicted molar refractivity (Wildman–Crippen MR) is 114 cm³/mol. The van der Waals surface area contributed by atoms with Gasteiger partial charge >= 0.3 is 0 Å². The number of β-amino-alcohol motifs (C(OH)–C–C–N with tert-alkyl or cyclic N) is 1. The van der Waals surface area contributed by atoms with Gasteiger partial charge in [-0.3, -0.25) is 9.59 Å². The molecule has 1 aliphatic heterocycles. The lowest BCUT2D eigenvalue weighted by molar-refractivity contribution is -0.142. The van der Waals surface area contributed by atoms with E-state index in [0.29, 0.717) is 39.0 Å². The number of hydrogen-bond donors (Lipinski definition) is 3. The molecule has 0 aromatic rings. The molecule has 2 amide bonds. The number of hydrogen-bond acceptors (Lipinski definition) is 7. The van der Waals surface area contributed by atoms with Crippen molar-refractivity contribution in [3.05, 3.63) is 0 Å². The number of amides is 2. The summed E-state index contributed by atoms with van der Waals surface area (Å²) in [4.78, 5) is 26.3. The lowest BCUT2D eigenvalue weighted by atomic mass is 9.97. The van der Waals surface area contributed by atoms with E-state index in [9.17, 15) is 14.7 Å². The van der Waals surface area contributed by atoms with Gasteiger partial charge < -0.3 is 34.9 Å². The fourth-order valence-corrected chi connectivity index (χ4v) is 2.91. The number of nitrogens with one attached hydrogen (secondary N) is 2. The third-order valence-electron chi connectivity index (χ3n) is 4.46. The molecule has 1 heterocycles. The smallest absolute Gasteiger partial charge is 0.249 e. The summed E-state index contributed by atoms with van der Waals surface area (Å²) in [5, 5.41) is 16.0. The van der Waals surface area contributed by atoms with Crippen LogP contribution in [0, 0.1) is 5.41 Å². The van der Waals surface area contributed by atoms with E-state index < -0.39 is 12.1 Å². The molecule has 1 aliphatic rings. The van der Waals surface area contributed by atoms with Crippen LogP contribution in [-0.2, 0) is 23.8 Å². The zero-order valence-corrected chi connectivity index (χ0v) is 19.2. The van der Waals surface area contributed by atoms with Crippen LogP contribution in [0.4, 0.5) is 0 Å². The van der Waals surface area contributed by atoms with Crippen LogP contribution in [0.5, 0.6) is 0 Å². The third kappa shape index (κ3) is 11.8. The van der Waals surface area contributed by atoms with Crippen molar-refractivity contribution in [1.29, 1.82) is 0 Å². The molecule has 9 nitrogen and oxygen atoms in total. The van der Waals surface area contributed by atoms with Crippen molar-refractivity contribution >= 4 is 11.8 Å². The number of likely N-dealkylation sites (tertiary alicyclic amines) is 1. The number of aliphatic hydroxyl groups is 1. The molecule has 1 fully saturated rings. The van der Waals surface area contributed by atoms with Crippen LogP contribution in [0.1, 0.15) is 41.0 Å². The van der Waals surface area contributed by atoms with E-state index in [4.69, 9.17) is 14.2 Å². The highest BCUT2D eigenvalue weighted by Crippen LogP contribution is 2.19. The average molecular weight is 432 g/mol. The van der Waals surface area contributed by atoms with Crippen LogP contribution in [0.2, 0.25) is 0 Å². The Kier molecular flexibility index (Phi) is 12.4. The fraction of sp³-hybridized carbons (Fsp3) is 0.905. The molecule has 0 spiro atoms. The van der Waals surface area contributed by atoms with Gasteiger partial charge in [-0.25, -0.2) is 0 Å². The molecule has 30 heavy (non-hydrogen) atoms. The van der Waals surface area contributed by atoms with Crippen LogP contribution >= 0.6 is 0 Å². The van der Waals surface area contributed by atoms with Crippen LogP contribution < -0.4 is 10.6 Å². The predicted octanol–water partition coefficient (Wildman–Crippen LogP) is 0.158. The van der Waals surface area contributed by atoms with Gasteiger partial charge in [-0.15, -0.1) is 0 Å². The van der Waals surface area contributed by atoms with Gasteiger partial charge in [0.1, 0.15) is 12.6 Å². The molecule has 1 rings (SSSR count). The van der Waals surface area contributed by atoms with Crippen molar-refractivity contribution in [2.24, 2.45) is 5.41 Å². The monoisotopic (exact) mass is 431 g/mol. The molecule has 0 aromatic carbocycles. The second-order valence-corrected chi connectivity index (χ2v) is 9.12. The zero-order valence-electron chi connectivity index (χ0n) is 19.2. The maximum Gasteiger partial charge on any atom is 0.249 e. The molecule has 9 heteroatoms. The van der Waals surface area contributed by atoms with Gasteiger partial charge in [-0.05, 0) is 5.41 Å². The number of rotatable bonds is 14. The highest BCUT2D eigenvalue weighted by Gasteiger charge is 2.38. The summed E-state index contributed by atoms with van der Waals surface area (Å²) >= 11 is 0. The lowest BCUT2D eigenvalue weighted by Crippen LogP contribution is -2.48. The highest BCUT2D eigenvalue weighted by atomic mass is 16.5. The van der Waals surface area contributed by atoms with Gasteiger partial charge in [0.2, 0.25) is 11.8 Å². The quantitative estimate of drug-likeness (QED) is 0.336. The summed E-state index contributed by atoms with van der Waals surface area (Å²) in [5.74, 6) is -0.537. The lowest BCUT2D eigenvalue weighted by Gasteiger charge is -2.25. The first kappa shape index (κ1) is 26.8. The zero-order chi connectivity index (χ0) is 22.6. The Morgan fingerprint density at radius 2 is 1.67 bits per heavy atom. The molecule has 0 saturated carbocycles. The Morgan fingerprint density at radius 1 is 1.07 bits per heavy atom. The number of carbonyl (C=O) groups is 2. The van der Waals surface area contributed by atoms with E-state index in [2.05, 4.69) is 24.5 Å². The largest absolute Gasteiger partial charge is 0.391 e. The molecule has 176 valence electrons. The van der Waals surface area contributed by atoms with Crippen LogP contribution in [-0.4, -0.2) is 99.3 Å². The molecule has 3 N–H and O–H groups in total. The second-order valence-electron chi connectivity index (χ2n) is 9.12. The minimum Gasteiger partial charge on any atom is -0.391 e. The SMILES string of the molecule is CC(C)NCCOCCOCCOCC(=O)N1CC(O)CC1C(=O)NCC(C)(C)C. The summed E-state index contributed by atoms with van der Waals surface area (Å²) in [6, 6.07) is -0.210. The maximum atomic E-state index is 12.4. The highest BCUT2D eigenvalue weighted by molar-refractivity contribution is 5.88. The van der Waals surface area contributed by atoms with Crippen LogP contribution in [0.3, 0.4) is 0 Å². The summed E-state index contributed by atoms with van der Waals surface area (Å²) < 4.78 is 16.2. The van der Waals surface area contributed by atoms with Gasteiger partial charge in [0, 0.05) is 32.1 Å². The Balaban J connectivity index is 2.17. The number of nitrogens with zero attached hydrogens (tertiary/aromatic N) is 1. The average Bonchev–Trinajstić information content (AvgIpc) is 3.05. The topological polar surface area (TPSA) is 109 Å². The number of aliphatic hydroxyl groups excluding tert-OH is 1. The van der Waals surface area contributed by atoms with E-state index in [0.717, 1.165) is 6.54 Å². The van der Waals surface area contributed by atoms with Gasteiger partial charge in [0.15, 0.2) is 0 Å². The van der Waals surface area contributed by atoms with Crippen LogP contribution in [0.25, 0.3) is 0 Å². The third-order valence-corrected chi connectivity index (χ3v) is 4.46. The summed E-state index contributed by atoms with van der Waals surface area (Å²) in [7, 11) is 0. The minimum absolute atomic E-state index is 0.0547. The van der Waals surface area contributed by atoms with E-state index in [1.54, 1.807) is 0 Å². The van der Waals surface area contributed by atoms with Crippen molar-refractivity contribution in [2.45, 2.75) is 59.2 Å². The molecule has 0 aromatic heterocycles. The molecule has 0 aliphatic carbocycles. The standard InChI is InChI=1S/C21H41N3O6/c1-16(2)22-6-7-28-8-9-29-10-11-30-14-19(26)24-13-17(25)12-18(24)20(27)23-15-21(3,4)5/h16-18,22,25H,6-15H2,1-5H3,(H,23,27). The number of ether oxygens (including phenoxy) is 3. The summed E-state index contributed by atoms with van der Waals surface area (Å²) in [6.45, 7) is 13.8. The van der Waals surface area contributed by atoms with E-state index in [-0.39, 0.29) is 43.4 Å². The summed E-state index contributed by atoms with van der Waals surface area (Å²) in [5.41, 5.74) is -0.0547. The Labute approximate surface area is 180 Å². The Bertz CT molecular complexity index is 509. The number of carbonyl (C=O) groups excluding carboxylic acids is 2. The van der Waals surface area contributed by atoms with Crippen molar-refractivity contribution < 1.29 is 28.9 Å². The molecule has 0 bridgehead atoms. The van der Waals surface area contributed by atoms with E-state index in [1.807, 2.05) is 20.8 Å². The van der Waals surface area contributed by atoms with E-state index >= 15 is 0 Å². The molecule has 0 radical (unpaired) electrons. The first-order valence-corrected chi connectivity index (χ1v) is 10.8. The first-order valence-electron chi connectivity index (χ1n) is 10.8. The van der Waals surface area contributed by atoms with Crippen molar-refractivity contribution in [1.82, 2.24) is 15.5 Å². The van der Waals surface area contributed by atoms with Gasteiger partial charge in [0.25, 0.3) is 0 Å². The summed E-state index contributed by atoms with van der Waals surface area (Å²) in [6.07, 6.45) is -0.448. The fourth-order valence-electron chi connectivity index (χ4n) is 2.91.